The molecule has 1 aromatic rings. The van der Waals surface area contributed by atoms with Crippen LogP contribution in [0.5, 0.6) is 0 Å². The summed E-state index contributed by atoms with van der Waals surface area (Å²) >= 11 is 9.69. The average Bonchev–Trinajstić information content (AvgIpc) is 3.08. The standard InChI is InChI=1S/C13H17BrClN/c1-2-7-16-13(9-3-4-9)11-8-10(15)5-6-12(11)14/h5-6,8-9,13,16H,2-4,7H2,1H3. The molecular weight excluding hydrogens is 286 g/mol. The molecule has 0 radical (unpaired) electrons. The summed E-state index contributed by atoms with van der Waals surface area (Å²) in [7, 11) is 0. The molecule has 1 unspecified atom stereocenters. The average molecular weight is 303 g/mol. The van der Waals surface area contributed by atoms with Crippen molar-refractivity contribution in [2.45, 2.75) is 32.2 Å². The highest BCUT2D eigenvalue weighted by Gasteiger charge is 2.32. The summed E-state index contributed by atoms with van der Waals surface area (Å²) < 4.78 is 1.16. The minimum Gasteiger partial charge on any atom is -0.310 e. The first-order valence-electron chi connectivity index (χ1n) is 5.90. The summed E-state index contributed by atoms with van der Waals surface area (Å²) in [5.74, 6) is 0.793. The Balaban J connectivity index is 2.19. The van der Waals surface area contributed by atoms with E-state index in [1.165, 1.54) is 24.8 Å². The lowest BCUT2D eigenvalue weighted by molar-refractivity contribution is 0.480. The second kappa shape index (κ2) is 5.52. The first-order chi connectivity index (χ1) is 7.72. The van der Waals surface area contributed by atoms with Crippen molar-refractivity contribution >= 4 is 27.5 Å². The Bertz CT molecular complexity index is 363. The van der Waals surface area contributed by atoms with E-state index < -0.39 is 0 Å². The fourth-order valence-corrected chi connectivity index (χ4v) is 2.69. The number of nitrogens with one attached hydrogen (secondary N) is 1. The van der Waals surface area contributed by atoms with Crippen LogP contribution in [0.25, 0.3) is 0 Å². The monoisotopic (exact) mass is 301 g/mol. The van der Waals surface area contributed by atoms with Gasteiger partial charge in [0.15, 0.2) is 0 Å². The highest BCUT2D eigenvalue weighted by Crippen LogP contribution is 2.43. The maximum absolute atomic E-state index is 6.07. The molecule has 0 spiro atoms. The second-order valence-electron chi connectivity index (χ2n) is 4.44. The zero-order valence-corrected chi connectivity index (χ0v) is 11.8. The van der Waals surface area contributed by atoms with E-state index in [9.17, 15) is 0 Å². The third kappa shape index (κ3) is 2.99. The molecule has 1 saturated carbocycles. The Morgan fingerprint density at radius 1 is 1.50 bits per heavy atom. The van der Waals surface area contributed by atoms with E-state index in [-0.39, 0.29) is 0 Å². The number of rotatable bonds is 5. The van der Waals surface area contributed by atoms with Crippen LogP contribution in [-0.4, -0.2) is 6.54 Å². The van der Waals surface area contributed by atoms with Crippen LogP contribution in [0.3, 0.4) is 0 Å². The molecule has 1 nitrogen and oxygen atoms in total. The Hall–Kier alpha value is -0.0500. The van der Waals surface area contributed by atoms with Crippen molar-refractivity contribution in [2.75, 3.05) is 6.54 Å². The van der Waals surface area contributed by atoms with Crippen molar-refractivity contribution < 1.29 is 0 Å². The van der Waals surface area contributed by atoms with E-state index in [0.717, 1.165) is 22.0 Å². The smallest absolute Gasteiger partial charge is 0.0410 e. The van der Waals surface area contributed by atoms with Gasteiger partial charge in [0.05, 0.1) is 0 Å². The van der Waals surface area contributed by atoms with Crippen LogP contribution in [-0.2, 0) is 0 Å². The molecule has 1 N–H and O–H groups in total. The van der Waals surface area contributed by atoms with Gasteiger partial charge in [-0.1, -0.05) is 34.5 Å². The summed E-state index contributed by atoms with van der Waals surface area (Å²) in [5.41, 5.74) is 1.31. The predicted molar refractivity (Wildman–Crippen MR) is 72.9 cm³/mol. The molecule has 16 heavy (non-hydrogen) atoms. The van der Waals surface area contributed by atoms with Crippen LogP contribution in [0.4, 0.5) is 0 Å². The van der Waals surface area contributed by atoms with Gasteiger partial charge in [-0.25, -0.2) is 0 Å². The summed E-state index contributed by atoms with van der Waals surface area (Å²) in [6, 6.07) is 6.52. The fraction of sp³-hybridized carbons (Fsp3) is 0.538. The van der Waals surface area contributed by atoms with Gasteiger partial charge in [-0.05, 0) is 55.5 Å². The molecule has 1 fully saturated rings. The minimum atomic E-state index is 0.466. The highest BCUT2D eigenvalue weighted by molar-refractivity contribution is 9.10. The molecule has 88 valence electrons. The molecule has 0 aromatic heterocycles. The second-order valence-corrected chi connectivity index (χ2v) is 5.73. The number of benzene rings is 1. The van der Waals surface area contributed by atoms with Crippen LogP contribution >= 0.6 is 27.5 Å². The Labute approximate surface area is 111 Å². The number of hydrogen-bond donors (Lipinski definition) is 1. The van der Waals surface area contributed by atoms with Crippen molar-refractivity contribution in [1.82, 2.24) is 5.32 Å². The molecule has 1 aromatic carbocycles. The lowest BCUT2D eigenvalue weighted by Gasteiger charge is -2.20. The first-order valence-corrected chi connectivity index (χ1v) is 7.07. The van der Waals surface area contributed by atoms with Gasteiger partial charge >= 0.3 is 0 Å². The lowest BCUT2D eigenvalue weighted by atomic mass is 10.0. The van der Waals surface area contributed by atoms with E-state index in [2.05, 4.69) is 34.2 Å². The molecule has 1 aliphatic carbocycles. The van der Waals surface area contributed by atoms with Gasteiger partial charge in [-0.15, -0.1) is 0 Å². The van der Waals surface area contributed by atoms with Gasteiger partial charge in [0.2, 0.25) is 0 Å². The summed E-state index contributed by atoms with van der Waals surface area (Å²) in [6.07, 6.45) is 3.84. The molecule has 0 bridgehead atoms. The summed E-state index contributed by atoms with van der Waals surface area (Å²) in [4.78, 5) is 0. The van der Waals surface area contributed by atoms with Crippen LogP contribution in [0.1, 0.15) is 37.8 Å². The topological polar surface area (TPSA) is 12.0 Å². The maximum atomic E-state index is 6.07. The Morgan fingerprint density at radius 3 is 2.88 bits per heavy atom. The minimum absolute atomic E-state index is 0.466. The van der Waals surface area contributed by atoms with Gasteiger partial charge in [0.1, 0.15) is 0 Å². The predicted octanol–water partition coefficient (Wildman–Crippen LogP) is 4.55. The maximum Gasteiger partial charge on any atom is 0.0410 e. The van der Waals surface area contributed by atoms with Gasteiger partial charge in [-0.2, -0.15) is 0 Å². The molecule has 1 aliphatic rings. The lowest BCUT2D eigenvalue weighted by Crippen LogP contribution is -2.24. The summed E-state index contributed by atoms with van der Waals surface area (Å²) in [6.45, 7) is 3.27. The zero-order valence-electron chi connectivity index (χ0n) is 9.47. The van der Waals surface area contributed by atoms with E-state index >= 15 is 0 Å². The largest absolute Gasteiger partial charge is 0.310 e. The van der Waals surface area contributed by atoms with Crippen LogP contribution in [0, 0.1) is 5.92 Å². The van der Waals surface area contributed by atoms with Gasteiger partial charge < -0.3 is 5.32 Å². The number of halogens is 2. The van der Waals surface area contributed by atoms with Crippen molar-refractivity contribution in [3.05, 3.63) is 33.3 Å². The molecule has 1 atom stereocenters. The molecule has 0 heterocycles. The third-order valence-corrected chi connectivity index (χ3v) is 3.96. The fourth-order valence-electron chi connectivity index (χ4n) is 2.01. The van der Waals surface area contributed by atoms with Gasteiger partial charge in [-0.3, -0.25) is 0 Å². The molecule has 0 amide bonds. The highest BCUT2D eigenvalue weighted by atomic mass is 79.9. The summed E-state index contributed by atoms with van der Waals surface area (Å²) in [5, 5.41) is 4.45. The van der Waals surface area contributed by atoms with Crippen LogP contribution in [0.15, 0.2) is 22.7 Å². The van der Waals surface area contributed by atoms with E-state index in [4.69, 9.17) is 11.6 Å². The van der Waals surface area contributed by atoms with Crippen molar-refractivity contribution in [3.63, 3.8) is 0 Å². The van der Waals surface area contributed by atoms with E-state index in [1.807, 2.05) is 12.1 Å². The van der Waals surface area contributed by atoms with E-state index in [1.54, 1.807) is 0 Å². The van der Waals surface area contributed by atoms with Crippen molar-refractivity contribution in [2.24, 2.45) is 5.92 Å². The Morgan fingerprint density at radius 2 is 2.25 bits per heavy atom. The van der Waals surface area contributed by atoms with Gasteiger partial charge in [0, 0.05) is 15.5 Å². The van der Waals surface area contributed by atoms with Crippen LogP contribution < -0.4 is 5.32 Å². The SMILES string of the molecule is CCCNC(c1cc(Cl)ccc1Br)C1CC1. The van der Waals surface area contributed by atoms with Crippen molar-refractivity contribution in [1.29, 1.82) is 0 Å². The van der Waals surface area contributed by atoms with Crippen molar-refractivity contribution in [3.8, 4) is 0 Å². The molecular formula is C13H17BrClN. The first kappa shape index (κ1) is 12.4. The Kier molecular flexibility index (Phi) is 4.28. The van der Waals surface area contributed by atoms with E-state index in [0.29, 0.717) is 6.04 Å². The molecule has 0 aliphatic heterocycles. The molecule has 2 rings (SSSR count). The zero-order chi connectivity index (χ0) is 11.5. The van der Waals surface area contributed by atoms with Gasteiger partial charge in [0.25, 0.3) is 0 Å². The normalized spacial score (nSPS) is 17.4. The number of hydrogen-bond acceptors (Lipinski definition) is 1. The third-order valence-electron chi connectivity index (χ3n) is 3.00. The molecule has 0 saturated heterocycles. The van der Waals surface area contributed by atoms with Crippen LogP contribution in [0.2, 0.25) is 5.02 Å². The molecule has 3 heteroatoms. The quantitative estimate of drug-likeness (QED) is 0.841.